The summed E-state index contributed by atoms with van der Waals surface area (Å²) in [6.07, 6.45) is 0.213. The number of hydrogen-bond donors (Lipinski definition) is 2. The number of urea groups is 1. The number of rotatable bonds is 6. The summed E-state index contributed by atoms with van der Waals surface area (Å²) in [5.74, 6) is 0.644. The number of carbonyl (C=O) groups is 2. The summed E-state index contributed by atoms with van der Waals surface area (Å²) in [7, 11) is 0. The van der Waals surface area contributed by atoms with E-state index in [0.29, 0.717) is 54.3 Å². The van der Waals surface area contributed by atoms with E-state index in [1.807, 2.05) is 4.90 Å². The Bertz CT molecular complexity index is 1550. The van der Waals surface area contributed by atoms with E-state index in [1.54, 1.807) is 53.7 Å². The van der Waals surface area contributed by atoms with Crippen molar-refractivity contribution in [2.75, 3.05) is 41.7 Å². The van der Waals surface area contributed by atoms with Gasteiger partial charge in [0.1, 0.15) is 12.4 Å². The van der Waals surface area contributed by atoms with Gasteiger partial charge in [0.2, 0.25) is 6.41 Å². The zero-order valence-electron chi connectivity index (χ0n) is 21.5. The Kier molecular flexibility index (Phi) is 6.86. The zero-order valence-corrected chi connectivity index (χ0v) is 21.5. The molecule has 12 nitrogen and oxygen atoms in total. The Labute approximate surface area is 231 Å². The highest BCUT2D eigenvalue weighted by Crippen LogP contribution is 2.32. The van der Waals surface area contributed by atoms with Crippen molar-refractivity contribution in [1.29, 1.82) is 0 Å². The van der Waals surface area contributed by atoms with Crippen molar-refractivity contribution < 1.29 is 27.5 Å². The number of nitrogens with zero attached hydrogens (tertiary/aromatic N) is 7. The summed E-state index contributed by atoms with van der Waals surface area (Å²) in [5, 5.41) is 9.77. The second-order valence-corrected chi connectivity index (χ2v) is 9.76. The fraction of sp³-hybridized carbons (Fsp3) is 0.308. The van der Waals surface area contributed by atoms with Gasteiger partial charge in [-0.3, -0.25) is 9.78 Å². The topological polar surface area (TPSA) is 130 Å². The Balaban J connectivity index is 1.30. The van der Waals surface area contributed by atoms with Crippen LogP contribution in [0.3, 0.4) is 0 Å². The minimum absolute atomic E-state index is 0.0485. The largest absolute Gasteiger partial charge is 0.408 e. The van der Waals surface area contributed by atoms with Gasteiger partial charge in [-0.05, 0) is 36.4 Å². The van der Waals surface area contributed by atoms with Gasteiger partial charge in [0.25, 0.3) is 0 Å². The molecule has 2 N–H and O–H groups in total. The van der Waals surface area contributed by atoms with E-state index in [0.717, 1.165) is 11.1 Å². The fourth-order valence-electron chi connectivity index (χ4n) is 5.01. The molecule has 41 heavy (non-hydrogen) atoms. The minimum atomic E-state index is -4.50. The predicted molar refractivity (Wildman–Crippen MR) is 142 cm³/mol. The number of anilines is 3. The highest BCUT2D eigenvalue weighted by atomic mass is 19.4. The number of amides is 3. The van der Waals surface area contributed by atoms with Crippen molar-refractivity contribution in [3.63, 3.8) is 0 Å². The van der Waals surface area contributed by atoms with Crippen LogP contribution in [0.4, 0.5) is 35.2 Å². The van der Waals surface area contributed by atoms with E-state index in [2.05, 4.69) is 25.7 Å². The highest BCUT2D eigenvalue weighted by molar-refractivity contribution is 5.99. The second kappa shape index (κ2) is 10.6. The Hall–Kier alpha value is -4.79. The number of benzene rings is 1. The van der Waals surface area contributed by atoms with E-state index in [9.17, 15) is 22.8 Å². The van der Waals surface area contributed by atoms with Gasteiger partial charge in [0.15, 0.2) is 11.5 Å². The molecule has 0 aliphatic carbocycles. The van der Waals surface area contributed by atoms with Crippen LogP contribution in [-0.2, 0) is 16.1 Å². The van der Waals surface area contributed by atoms with Crippen LogP contribution in [0.15, 0.2) is 55.0 Å². The molecule has 5 heterocycles. The predicted octanol–water partition coefficient (Wildman–Crippen LogP) is 3.14. The molecule has 4 aromatic rings. The SMILES string of the molecule is O=CN1CC2CN(c3nc(-c4ccc(NC(=O)Nc5ccncc5)cc4)nc4c3cnn4CC(F)(F)F)CC(C1)O2. The molecule has 2 unspecified atom stereocenters. The molecule has 2 saturated heterocycles. The number of carbonyl (C=O) groups excluding carboxylic acids is 2. The molecular formula is C26H24F3N9O3. The fourth-order valence-corrected chi connectivity index (χ4v) is 5.01. The third kappa shape index (κ3) is 5.89. The summed E-state index contributed by atoms with van der Waals surface area (Å²) >= 11 is 0. The van der Waals surface area contributed by atoms with Crippen molar-refractivity contribution in [3.05, 3.63) is 55.0 Å². The molecule has 0 spiro atoms. The van der Waals surface area contributed by atoms with Crippen LogP contribution in [0, 0.1) is 0 Å². The van der Waals surface area contributed by atoms with Crippen molar-refractivity contribution in [2.24, 2.45) is 0 Å². The number of fused-ring (bicyclic) bond motifs is 3. The Morgan fingerprint density at radius 3 is 2.27 bits per heavy atom. The lowest BCUT2D eigenvalue weighted by atomic mass is 10.1. The van der Waals surface area contributed by atoms with Crippen molar-refractivity contribution in [3.8, 4) is 11.4 Å². The molecule has 0 saturated carbocycles. The summed E-state index contributed by atoms with van der Waals surface area (Å²) in [4.78, 5) is 40.4. The van der Waals surface area contributed by atoms with E-state index in [-0.39, 0.29) is 23.7 Å². The molecular weight excluding hydrogens is 543 g/mol. The van der Waals surface area contributed by atoms with Crippen LogP contribution in [0.2, 0.25) is 0 Å². The minimum Gasteiger partial charge on any atom is -0.368 e. The maximum absolute atomic E-state index is 13.3. The van der Waals surface area contributed by atoms with Gasteiger partial charge in [-0.15, -0.1) is 0 Å². The highest BCUT2D eigenvalue weighted by Gasteiger charge is 2.36. The van der Waals surface area contributed by atoms with Gasteiger partial charge in [-0.25, -0.2) is 19.4 Å². The third-order valence-corrected chi connectivity index (χ3v) is 6.70. The number of hydrogen-bond acceptors (Lipinski definition) is 8. The maximum Gasteiger partial charge on any atom is 0.408 e. The Morgan fingerprint density at radius 1 is 0.976 bits per heavy atom. The average Bonchev–Trinajstić information content (AvgIpc) is 3.34. The first kappa shape index (κ1) is 26.4. The molecule has 15 heteroatoms. The quantitative estimate of drug-likeness (QED) is 0.340. The molecule has 2 fully saturated rings. The van der Waals surface area contributed by atoms with Crippen LogP contribution in [0.5, 0.6) is 0 Å². The molecule has 3 amide bonds. The monoisotopic (exact) mass is 567 g/mol. The number of halogens is 3. The smallest absolute Gasteiger partial charge is 0.368 e. The van der Waals surface area contributed by atoms with Crippen LogP contribution < -0.4 is 15.5 Å². The first-order valence-electron chi connectivity index (χ1n) is 12.7. The molecule has 3 aromatic heterocycles. The lowest BCUT2D eigenvalue weighted by Gasteiger charge is -2.45. The van der Waals surface area contributed by atoms with Gasteiger partial charge in [-0.1, -0.05) is 0 Å². The van der Waals surface area contributed by atoms with Gasteiger partial charge < -0.3 is 25.2 Å². The molecule has 212 valence electrons. The normalized spacial score (nSPS) is 18.8. The van der Waals surface area contributed by atoms with E-state index >= 15 is 0 Å². The third-order valence-electron chi connectivity index (χ3n) is 6.70. The van der Waals surface area contributed by atoms with Crippen LogP contribution in [-0.4, -0.2) is 86.6 Å². The van der Waals surface area contributed by atoms with Crippen LogP contribution in [0.1, 0.15) is 0 Å². The van der Waals surface area contributed by atoms with E-state index in [1.165, 1.54) is 6.20 Å². The number of ether oxygens (including phenoxy) is 1. The first-order chi connectivity index (χ1) is 19.7. The summed E-state index contributed by atoms with van der Waals surface area (Å²) in [6, 6.07) is 9.49. The first-order valence-corrected chi connectivity index (χ1v) is 12.7. The van der Waals surface area contributed by atoms with Crippen LogP contribution in [0.25, 0.3) is 22.4 Å². The van der Waals surface area contributed by atoms with Gasteiger partial charge >= 0.3 is 12.2 Å². The van der Waals surface area contributed by atoms with Crippen LogP contribution >= 0.6 is 0 Å². The Morgan fingerprint density at radius 2 is 1.63 bits per heavy atom. The lowest BCUT2D eigenvalue weighted by Crippen LogP contribution is -2.59. The molecule has 2 aliphatic rings. The van der Waals surface area contributed by atoms with E-state index in [4.69, 9.17) is 9.72 Å². The number of aromatic nitrogens is 5. The maximum atomic E-state index is 13.3. The second-order valence-electron chi connectivity index (χ2n) is 9.76. The zero-order chi connectivity index (χ0) is 28.6. The molecule has 0 radical (unpaired) electrons. The standard InChI is InChI=1S/C26H24F3N9O3/c27-26(28,29)14-38-24-21(9-31-38)23(37-12-19-10-36(15-39)11-20(13-37)41-19)34-22(35-24)16-1-3-17(4-2-16)32-25(40)33-18-5-7-30-8-6-18/h1-9,15,19-20H,10-14H2,(H2,30,32,33,40). The summed E-state index contributed by atoms with van der Waals surface area (Å²) in [5.41, 5.74) is 1.65. The van der Waals surface area contributed by atoms with E-state index < -0.39 is 18.8 Å². The number of nitrogens with one attached hydrogen (secondary N) is 2. The van der Waals surface area contributed by atoms with Crippen molar-refractivity contribution in [1.82, 2.24) is 29.6 Å². The summed E-state index contributed by atoms with van der Waals surface area (Å²) < 4.78 is 46.8. The number of alkyl halides is 3. The van der Waals surface area contributed by atoms with Gasteiger partial charge in [0, 0.05) is 55.5 Å². The van der Waals surface area contributed by atoms with Crippen molar-refractivity contribution >= 4 is 40.7 Å². The summed E-state index contributed by atoms with van der Waals surface area (Å²) in [6.45, 7) is 0.311. The number of morpholine rings is 2. The molecule has 2 aliphatic heterocycles. The lowest BCUT2D eigenvalue weighted by molar-refractivity contribution is -0.142. The molecule has 6 rings (SSSR count). The average molecular weight is 568 g/mol. The van der Waals surface area contributed by atoms with Crippen molar-refractivity contribution in [2.45, 2.75) is 24.9 Å². The number of pyridine rings is 1. The molecule has 1 aromatic carbocycles. The molecule has 2 bridgehead atoms. The molecule has 2 atom stereocenters. The van der Waals surface area contributed by atoms with Gasteiger partial charge in [-0.2, -0.15) is 18.3 Å². The van der Waals surface area contributed by atoms with Gasteiger partial charge in [0.05, 0.1) is 23.8 Å².